The van der Waals surface area contributed by atoms with Crippen LogP contribution in [-0.2, 0) is 6.54 Å². The molecule has 2 aliphatic rings. The van der Waals surface area contributed by atoms with E-state index < -0.39 is 6.03 Å². The molecule has 1 fully saturated rings. The Bertz CT molecular complexity index is 1530. The highest BCUT2D eigenvalue weighted by Crippen LogP contribution is 2.45. The van der Waals surface area contributed by atoms with Gasteiger partial charge in [0, 0.05) is 18.3 Å². The fourth-order valence-corrected chi connectivity index (χ4v) is 6.06. The molecule has 0 spiro atoms. The predicted octanol–water partition coefficient (Wildman–Crippen LogP) is 3.88. The number of urea groups is 1. The molecule has 0 saturated carbocycles. The Morgan fingerprint density at radius 1 is 1.13 bits per heavy atom. The van der Waals surface area contributed by atoms with Crippen LogP contribution in [0, 0.1) is 0 Å². The molecule has 0 unspecified atom stereocenters. The first kappa shape index (κ1) is 24.4. The molecule has 192 valence electrons. The number of benzene rings is 2. The van der Waals surface area contributed by atoms with E-state index in [0.29, 0.717) is 43.7 Å². The average molecular weight is 526 g/mol. The number of rotatable bonds is 6. The number of aromatic nitrogens is 2. The van der Waals surface area contributed by atoms with Crippen LogP contribution in [-0.4, -0.2) is 54.9 Å². The number of nitrogens with zero attached hydrogens (tertiary/aromatic N) is 4. The molecule has 2 aromatic carbocycles. The number of ether oxygens (including phenoxy) is 1. The second-order valence-corrected chi connectivity index (χ2v) is 10.6. The van der Waals surface area contributed by atoms with Gasteiger partial charge < -0.3 is 15.4 Å². The molecule has 9 nitrogen and oxygen atoms in total. The van der Waals surface area contributed by atoms with Gasteiger partial charge in [-0.05, 0) is 55.2 Å². The fourth-order valence-electron chi connectivity index (χ4n) is 5.07. The molecule has 0 aliphatic carbocycles. The van der Waals surface area contributed by atoms with E-state index in [2.05, 4.69) is 37.6 Å². The SMILES string of the molecule is Bc1ccc(N2C(=O)Nc3c(C(=O)Nc4ccc(CN5CCCCC5)cc4)sc4ncnc2c34)cc1OC. The third kappa shape index (κ3) is 4.48. The van der Waals surface area contributed by atoms with Gasteiger partial charge in [0.1, 0.15) is 29.6 Å². The molecule has 2 N–H and O–H groups in total. The lowest BCUT2D eigenvalue weighted by Gasteiger charge is -2.27. The maximum Gasteiger partial charge on any atom is 0.332 e. The Labute approximate surface area is 225 Å². The van der Waals surface area contributed by atoms with E-state index >= 15 is 0 Å². The van der Waals surface area contributed by atoms with Crippen LogP contribution in [0.4, 0.5) is 27.7 Å². The van der Waals surface area contributed by atoms with E-state index in [4.69, 9.17) is 4.74 Å². The molecule has 1 saturated heterocycles. The standard InChI is InChI=1S/C27H27BN6O3S/c1-37-20-13-18(9-10-19(20)28)34-24-21-22(32-27(34)36)23(38-26(21)30-15-29-24)25(35)31-17-7-5-16(6-8-17)14-33-11-3-2-4-12-33/h5-10,13,15H,2-4,11-12,14,28H2,1H3,(H,31,35)(H,32,36). The van der Waals surface area contributed by atoms with Gasteiger partial charge in [-0.2, -0.15) is 0 Å². The van der Waals surface area contributed by atoms with E-state index in [-0.39, 0.29) is 5.91 Å². The molecule has 0 radical (unpaired) electrons. The summed E-state index contributed by atoms with van der Waals surface area (Å²) in [5.74, 6) is 0.791. The van der Waals surface area contributed by atoms with Crippen molar-refractivity contribution in [3.05, 3.63) is 59.2 Å². The van der Waals surface area contributed by atoms with E-state index in [1.165, 1.54) is 47.4 Å². The van der Waals surface area contributed by atoms with Gasteiger partial charge in [-0.3, -0.25) is 9.69 Å². The van der Waals surface area contributed by atoms with Gasteiger partial charge in [0.2, 0.25) is 0 Å². The summed E-state index contributed by atoms with van der Waals surface area (Å²) in [5.41, 5.74) is 3.92. The Kier molecular flexibility index (Phi) is 6.46. The van der Waals surface area contributed by atoms with Crippen LogP contribution < -0.4 is 25.7 Å². The first-order valence-corrected chi connectivity index (χ1v) is 13.5. The first-order chi connectivity index (χ1) is 18.5. The zero-order valence-electron chi connectivity index (χ0n) is 21.3. The van der Waals surface area contributed by atoms with E-state index in [1.54, 1.807) is 13.2 Å². The maximum atomic E-state index is 13.3. The van der Waals surface area contributed by atoms with E-state index in [9.17, 15) is 9.59 Å². The highest BCUT2D eigenvalue weighted by molar-refractivity contribution is 7.21. The van der Waals surface area contributed by atoms with Gasteiger partial charge in [-0.1, -0.05) is 24.6 Å². The summed E-state index contributed by atoms with van der Waals surface area (Å²) in [5, 5.41) is 6.52. The normalized spacial score (nSPS) is 15.4. The third-order valence-electron chi connectivity index (χ3n) is 7.04. The van der Waals surface area contributed by atoms with Crippen LogP contribution in [0.3, 0.4) is 0 Å². The number of hydrogen-bond acceptors (Lipinski definition) is 7. The smallest absolute Gasteiger partial charge is 0.332 e. The molecule has 0 atom stereocenters. The van der Waals surface area contributed by atoms with Crippen molar-refractivity contribution in [1.82, 2.24) is 14.9 Å². The van der Waals surface area contributed by atoms with Crippen molar-refractivity contribution in [3.8, 4) is 5.75 Å². The number of hydrogen-bond donors (Lipinski definition) is 2. The zero-order chi connectivity index (χ0) is 26.2. The molecular formula is C27H27BN6O3S. The summed E-state index contributed by atoms with van der Waals surface area (Å²) in [4.78, 5) is 40.4. The number of amides is 3. The lowest BCUT2D eigenvalue weighted by molar-refractivity contribution is 0.103. The number of anilines is 4. The molecular weight excluding hydrogens is 499 g/mol. The van der Waals surface area contributed by atoms with Crippen molar-refractivity contribution in [2.75, 3.05) is 35.7 Å². The number of piperidine rings is 1. The summed E-state index contributed by atoms with van der Waals surface area (Å²) in [6, 6.07) is 13.1. The molecule has 38 heavy (non-hydrogen) atoms. The Balaban J connectivity index is 1.27. The minimum atomic E-state index is -0.405. The summed E-state index contributed by atoms with van der Waals surface area (Å²) < 4.78 is 5.45. The topological polar surface area (TPSA) is 99.7 Å². The van der Waals surface area contributed by atoms with E-state index in [0.717, 1.165) is 25.1 Å². The van der Waals surface area contributed by atoms with Crippen LogP contribution in [0.25, 0.3) is 10.2 Å². The molecule has 0 bridgehead atoms. The number of nitrogens with one attached hydrogen (secondary N) is 2. The fraction of sp³-hybridized carbons (Fsp3) is 0.259. The predicted molar refractivity (Wildman–Crippen MR) is 153 cm³/mol. The van der Waals surface area contributed by atoms with Crippen molar-refractivity contribution in [1.29, 1.82) is 0 Å². The molecule has 2 aromatic heterocycles. The number of carbonyl (C=O) groups excluding carboxylic acids is 2. The molecule has 4 heterocycles. The monoisotopic (exact) mass is 526 g/mol. The van der Waals surface area contributed by atoms with E-state index in [1.807, 2.05) is 32.1 Å². The molecule has 2 aliphatic heterocycles. The summed E-state index contributed by atoms with van der Waals surface area (Å²) in [6.45, 7) is 3.20. The number of carbonyl (C=O) groups is 2. The Morgan fingerprint density at radius 3 is 2.68 bits per heavy atom. The maximum absolute atomic E-state index is 13.3. The summed E-state index contributed by atoms with van der Waals surface area (Å²) >= 11 is 1.23. The number of thiophene rings is 1. The first-order valence-electron chi connectivity index (χ1n) is 12.7. The highest BCUT2D eigenvalue weighted by Gasteiger charge is 2.34. The van der Waals surface area contributed by atoms with Crippen molar-refractivity contribution in [2.45, 2.75) is 25.8 Å². The van der Waals surface area contributed by atoms with Crippen LogP contribution in [0.5, 0.6) is 5.75 Å². The summed E-state index contributed by atoms with van der Waals surface area (Å²) in [6.07, 6.45) is 5.24. The number of methoxy groups -OCH3 is 1. The zero-order valence-corrected chi connectivity index (χ0v) is 22.1. The molecule has 3 amide bonds. The van der Waals surface area contributed by atoms with Crippen molar-refractivity contribution < 1.29 is 14.3 Å². The van der Waals surface area contributed by atoms with Crippen molar-refractivity contribution in [2.24, 2.45) is 0 Å². The Morgan fingerprint density at radius 2 is 1.92 bits per heavy atom. The average Bonchev–Trinajstić information content (AvgIpc) is 3.30. The lowest BCUT2D eigenvalue weighted by atomic mass is 9.94. The third-order valence-corrected chi connectivity index (χ3v) is 8.13. The largest absolute Gasteiger partial charge is 0.497 e. The highest BCUT2D eigenvalue weighted by atomic mass is 32.1. The minimum absolute atomic E-state index is 0.302. The molecule has 11 heteroatoms. The second kappa shape index (κ2) is 10.1. The van der Waals surface area contributed by atoms with Crippen LogP contribution in [0.2, 0.25) is 0 Å². The van der Waals surface area contributed by atoms with Gasteiger partial charge in [-0.15, -0.1) is 11.3 Å². The summed E-state index contributed by atoms with van der Waals surface area (Å²) in [7, 11) is 3.53. The quantitative estimate of drug-likeness (QED) is 0.370. The van der Waals surface area contributed by atoms with Gasteiger partial charge in [0.05, 0.1) is 23.9 Å². The van der Waals surface area contributed by atoms with Gasteiger partial charge in [0.15, 0.2) is 5.82 Å². The van der Waals surface area contributed by atoms with Crippen molar-refractivity contribution in [3.63, 3.8) is 0 Å². The van der Waals surface area contributed by atoms with Gasteiger partial charge in [0.25, 0.3) is 5.91 Å². The number of likely N-dealkylation sites (tertiary alicyclic amines) is 1. The van der Waals surface area contributed by atoms with Crippen LogP contribution in [0.1, 0.15) is 34.5 Å². The van der Waals surface area contributed by atoms with Gasteiger partial charge >= 0.3 is 6.03 Å². The van der Waals surface area contributed by atoms with Gasteiger partial charge in [-0.25, -0.2) is 19.7 Å². The second-order valence-electron chi connectivity index (χ2n) is 9.59. The Hall–Kier alpha value is -3.96. The molecule has 4 aromatic rings. The van der Waals surface area contributed by atoms with Crippen molar-refractivity contribution >= 4 is 69.7 Å². The van der Waals surface area contributed by atoms with Crippen LogP contribution >= 0.6 is 11.3 Å². The molecule has 6 rings (SSSR count). The van der Waals surface area contributed by atoms with Crippen LogP contribution in [0.15, 0.2) is 48.8 Å². The lowest BCUT2D eigenvalue weighted by Crippen LogP contribution is -2.35. The minimum Gasteiger partial charge on any atom is -0.497 e.